The van der Waals surface area contributed by atoms with Crippen molar-refractivity contribution in [3.8, 4) is 0 Å². The first-order valence-electron chi connectivity index (χ1n) is 4.91. The van der Waals surface area contributed by atoms with Crippen molar-refractivity contribution in [3.05, 3.63) is 35.4 Å². The molecule has 94 valence electrons. The number of hydrogen-bond donors (Lipinski definition) is 2. The number of alkyl halides is 3. The van der Waals surface area contributed by atoms with Gasteiger partial charge in [0, 0.05) is 6.54 Å². The maximum absolute atomic E-state index is 12.3. The van der Waals surface area contributed by atoms with E-state index in [1.165, 1.54) is 12.1 Å². The van der Waals surface area contributed by atoms with Gasteiger partial charge in [0.15, 0.2) is 0 Å². The Labute approximate surface area is 96.3 Å². The van der Waals surface area contributed by atoms with Gasteiger partial charge in [0.2, 0.25) is 0 Å². The van der Waals surface area contributed by atoms with Gasteiger partial charge < -0.3 is 10.4 Å². The fraction of sp³-hybridized carbons (Fsp3) is 0.364. The number of aliphatic carboxylic acids is 1. The molecule has 0 spiro atoms. The van der Waals surface area contributed by atoms with Gasteiger partial charge in [0.1, 0.15) is 0 Å². The van der Waals surface area contributed by atoms with Crippen LogP contribution in [0.25, 0.3) is 0 Å². The molecule has 0 amide bonds. The Kier molecular flexibility index (Phi) is 4.11. The second-order valence-corrected chi connectivity index (χ2v) is 3.57. The van der Waals surface area contributed by atoms with Crippen LogP contribution in [0.4, 0.5) is 13.2 Å². The van der Waals surface area contributed by atoms with Crippen LogP contribution in [0.3, 0.4) is 0 Å². The number of carbonyl (C=O) groups is 1. The number of carboxylic acids is 1. The minimum Gasteiger partial charge on any atom is -0.481 e. The summed E-state index contributed by atoms with van der Waals surface area (Å²) < 4.78 is 36.9. The van der Waals surface area contributed by atoms with E-state index in [9.17, 15) is 18.0 Å². The Morgan fingerprint density at radius 3 is 2.24 bits per heavy atom. The highest BCUT2D eigenvalue weighted by atomic mass is 19.4. The van der Waals surface area contributed by atoms with Gasteiger partial charge in [-0.1, -0.05) is 12.1 Å². The zero-order valence-electron chi connectivity index (χ0n) is 9.08. The molecule has 0 aliphatic carbocycles. The van der Waals surface area contributed by atoms with Crippen LogP contribution in [-0.2, 0) is 11.0 Å². The molecule has 2 N–H and O–H groups in total. The fourth-order valence-electron chi connectivity index (χ4n) is 1.46. The third-order valence-electron chi connectivity index (χ3n) is 2.35. The minimum absolute atomic E-state index is 0.167. The van der Waals surface area contributed by atoms with Crippen molar-refractivity contribution in [1.29, 1.82) is 0 Å². The standard InChI is InChI=1S/C11H12F3NO2/c1-15-6-9(10(16)17)7-2-4-8(5-3-7)11(12,13)14/h2-5,9,15H,6H2,1H3,(H,16,17). The molecule has 0 aromatic heterocycles. The van der Waals surface area contributed by atoms with E-state index in [-0.39, 0.29) is 6.54 Å². The molecule has 0 saturated heterocycles. The van der Waals surface area contributed by atoms with E-state index >= 15 is 0 Å². The van der Waals surface area contributed by atoms with Crippen molar-refractivity contribution in [3.63, 3.8) is 0 Å². The lowest BCUT2D eigenvalue weighted by atomic mass is 9.98. The van der Waals surface area contributed by atoms with Gasteiger partial charge in [-0.2, -0.15) is 13.2 Å². The molecule has 0 saturated carbocycles. The summed E-state index contributed by atoms with van der Waals surface area (Å²) in [5.74, 6) is -1.92. The van der Waals surface area contributed by atoms with Gasteiger partial charge in [-0.3, -0.25) is 4.79 Å². The number of hydrogen-bond acceptors (Lipinski definition) is 2. The highest BCUT2D eigenvalue weighted by Gasteiger charge is 2.30. The van der Waals surface area contributed by atoms with Crippen LogP contribution in [0.1, 0.15) is 17.0 Å². The second-order valence-electron chi connectivity index (χ2n) is 3.57. The molecular formula is C11H12F3NO2. The van der Waals surface area contributed by atoms with E-state index in [1.54, 1.807) is 7.05 Å². The van der Waals surface area contributed by atoms with Crippen LogP contribution >= 0.6 is 0 Å². The third kappa shape index (κ3) is 3.45. The lowest BCUT2D eigenvalue weighted by molar-refractivity contribution is -0.138. The van der Waals surface area contributed by atoms with Gasteiger partial charge in [-0.05, 0) is 24.7 Å². The zero-order valence-corrected chi connectivity index (χ0v) is 9.08. The number of carboxylic acid groups (broad SMARTS) is 1. The van der Waals surface area contributed by atoms with E-state index < -0.39 is 23.6 Å². The Hall–Kier alpha value is -1.56. The molecule has 6 heteroatoms. The van der Waals surface area contributed by atoms with Crippen LogP contribution in [0.2, 0.25) is 0 Å². The summed E-state index contributed by atoms with van der Waals surface area (Å²) in [6.07, 6.45) is -4.40. The Balaban J connectivity index is 2.96. The van der Waals surface area contributed by atoms with Crippen molar-refractivity contribution in [2.45, 2.75) is 12.1 Å². The lowest BCUT2D eigenvalue weighted by Gasteiger charge is -2.13. The molecule has 0 aliphatic heterocycles. The first kappa shape index (κ1) is 13.5. The van der Waals surface area contributed by atoms with Gasteiger partial charge in [-0.15, -0.1) is 0 Å². The smallest absolute Gasteiger partial charge is 0.416 e. The zero-order chi connectivity index (χ0) is 13.1. The summed E-state index contributed by atoms with van der Waals surface area (Å²) in [4.78, 5) is 10.9. The number of nitrogens with one attached hydrogen (secondary N) is 1. The molecular weight excluding hydrogens is 235 g/mol. The number of likely N-dealkylation sites (N-methyl/N-ethyl adjacent to an activating group) is 1. The van der Waals surface area contributed by atoms with Crippen LogP contribution < -0.4 is 5.32 Å². The molecule has 0 aliphatic rings. The summed E-state index contributed by atoms with van der Waals surface area (Å²) in [6, 6.07) is 4.17. The molecule has 0 heterocycles. The second kappa shape index (κ2) is 5.18. The quantitative estimate of drug-likeness (QED) is 0.856. The molecule has 0 bridgehead atoms. The summed E-state index contributed by atoms with van der Waals surface area (Å²) in [5.41, 5.74) is -0.435. The number of halogens is 3. The molecule has 0 radical (unpaired) electrons. The predicted octanol–water partition coefficient (Wildman–Crippen LogP) is 2.09. The van der Waals surface area contributed by atoms with Crippen molar-refractivity contribution in [2.24, 2.45) is 0 Å². The fourth-order valence-corrected chi connectivity index (χ4v) is 1.46. The average Bonchev–Trinajstić information content (AvgIpc) is 2.24. The lowest BCUT2D eigenvalue weighted by Crippen LogP contribution is -2.24. The van der Waals surface area contributed by atoms with Crippen molar-refractivity contribution in [1.82, 2.24) is 5.32 Å². The van der Waals surface area contributed by atoms with Gasteiger partial charge in [-0.25, -0.2) is 0 Å². The molecule has 1 rings (SSSR count). The van der Waals surface area contributed by atoms with Crippen LogP contribution in [0, 0.1) is 0 Å². The normalized spacial score (nSPS) is 13.4. The van der Waals surface area contributed by atoms with Crippen LogP contribution in [0.15, 0.2) is 24.3 Å². The molecule has 0 fully saturated rings. The largest absolute Gasteiger partial charge is 0.481 e. The van der Waals surface area contributed by atoms with Gasteiger partial charge in [0.05, 0.1) is 11.5 Å². The maximum Gasteiger partial charge on any atom is 0.416 e. The summed E-state index contributed by atoms with van der Waals surface area (Å²) in [6.45, 7) is 0.167. The van der Waals surface area contributed by atoms with E-state index in [2.05, 4.69) is 5.32 Å². The minimum atomic E-state index is -4.40. The van der Waals surface area contributed by atoms with Crippen molar-refractivity contribution >= 4 is 5.97 Å². The van der Waals surface area contributed by atoms with E-state index in [4.69, 9.17) is 5.11 Å². The summed E-state index contributed by atoms with van der Waals surface area (Å²) >= 11 is 0. The van der Waals surface area contributed by atoms with E-state index in [0.29, 0.717) is 5.56 Å². The predicted molar refractivity (Wildman–Crippen MR) is 55.7 cm³/mol. The molecule has 3 nitrogen and oxygen atoms in total. The first-order chi connectivity index (χ1) is 7.86. The third-order valence-corrected chi connectivity index (χ3v) is 2.35. The molecule has 17 heavy (non-hydrogen) atoms. The maximum atomic E-state index is 12.3. The molecule has 1 atom stereocenters. The molecule has 1 unspecified atom stereocenters. The topological polar surface area (TPSA) is 49.3 Å². The first-order valence-corrected chi connectivity index (χ1v) is 4.91. The summed E-state index contributed by atoms with van der Waals surface area (Å²) in [7, 11) is 1.58. The highest BCUT2D eigenvalue weighted by molar-refractivity contribution is 5.76. The van der Waals surface area contributed by atoms with Gasteiger partial charge in [0.25, 0.3) is 0 Å². The average molecular weight is 247 g/mol. The monoisotopic (exact) mass is 247 g/mol. The van der Waals surface area contributed by atoms with Crippen molar-refractivity contribution in [2.75, 3.05) is 13.6 Å². The van der Waals surface area contributed by atoms with E-state index in [1.807, 2.05) is 0 Å². The Bertz CT molecular complexity index is 387. The summed E-state index contributed by atoms with van der Waals surface area (Å²) in [5, 5.41) is 11.6. The SMILES string of the molecule is CNCC(C(=O)O)c1ccc(C(F)(F)F)cc1. The van der Waals surface area contributed by atoms with Crippen molar-refractivity contribution < 1.29 is 23.1 Å². The Morgan fingerprint density at radius 1 is 1.35 bits per heavy atom. The van der Waals surface area contributed by atoms with Crippen LogP contribution in [-0.4, -0.2) is 24.7 Å². The van der Waals surface area contributed by atoms with E-state index in [0.717, 1.165) is 12.1 Å². The van der Waals surface area contributed by atoms with Crippen LogP contribution in [0.5, 0.6) is 0 Å². The number of benzene rings is 1. The Morgan fingerprint density at radius 2 is 1.88 bits per heavy atom. The van der Waals surface area contributed by atoms with Gasteiger partial charge >= 0.3 is 12.1 Å². The number of rotatable bonds is 4. The molecule has 1 aromatic rings. The highest BCUT2D eigenvalue weighted by Crippen LogP contribution is 2.30. The molecule has 1 aromatic carbocycles.